The van der Waals surface area contributed by atoms with Crippen molar-refractivity contribution >= 4 is 39.3 Å². The molecule has 0 aliphatic heterocycles. The number of rotatable bonds is 8. The molecule has 2 aromatic carbocycles. The minimum atomic E-state index is -0.664. The highest BCUT2D eigenvalue weighted by molar-refractivity contribution is 9.10. The summed E-state index contributed by atoms with van der Waals surface area (Å²) in [6, 6.07) is 12.3. The van der Waals surface area contributed by atoms with Crippen molar-refractivity contribution < 1.29 is 14.3 Å². The van der Waals surface area contributed by atoms with E-state index in [9.17, 15) is 9.59 Å². The molecule has 1 N–H and O–H groups in total. The molecule has 2 aromatic rings. The van der Waals surface area contributed by atoms with Gasteiger partial charge in [-0.1, -0.05) is 42.8 Å². The maximum absolute atomic E-state index is 12.9. The number of halogens is 2. The molecule has 28 heavy (non-hydrogen) atoms. The number of nitrogens with one attached hydrogen (secondary N) is 1. The molecule has 0 saturated carbocycles. The predicted octanol–water partition coefficient (Wildman–Crippen LogP) is 4.21. The second-order valence-electron chi connectivity index (χ2n) is 6.31. The van der Waals surface area contributed by atoms with Gasteiger partial charge in [-0.25, -0.2) is 0 Å². The van der Waals surface area contributed by atoms with Crippen molar-refractivity contribution in [2.45, 2.75) is 32.9 Å². The molecule has 0 saturated heterocycles. The molecule has 2 rings (SSSR count). The standard InChI is InChI=1S/C21H24BrClN2O3/c1-4-15-9-10-19(17(22)11-15)28-13-20(26)25(14(2)21(27)24-3)12-16-7-5-6-8-18(16)23/h5-11,14H,4,12-13H2,1-3H3,(H,24,27)/t14-/m0/s1. The summed E-state index contributed by atoms with van der Waals surface area (Å²) >= 11 is 9.71. The molecule has 1 atom stereocenters. The molecular formula is C21H24BrClN2O3. The zero-order chi connectivity index (χ0) is 20.7. The normalized spacial score (nSPS) is 11.6. The third kappa shape index (κ3) is 5.72. The fourth-order valence-corrected chi connectivity index (χ4v) is 3.44. The van der Waals surface area contributed by atoms with Crippen LogP contribution in [0.2, 0.25) is 5.02 Å². The van der Waals surface area contributed by atoms with Gasteiger partial charge in [0.1, 0.15) is 11.8 Å². The molecule has 0 fully saturated rings. The van der Waals surface area contributed by atoms with Crippen molar-refractivity contribution in [2.24, 2.45) is 0 Å². The Labute approximate surface area is 179 Å². The van der Waals surface area contributed by atoms with E-state index in [4.69, 9.17) is 16.3 Å². The largest absolute Gasteiger partial charge is 0.483 e. The molecule has 0 spiro atoms. The molecule has 0 bridgehead atoms. The monoisotopic (exact) mass is 466 g/mol. The summed E-state index contributed by atoms with van der Waals surface area (Å²) in [6.07, 6.45) is 0.910. The first kappa shape index (κ1) is 22.2. The highest BCUT2D eigenvalue weighted by Gasteiger charge is 2.26. The molecule has 0 radical (unpaired) electrons. The number of hydrogen-bond donors (Lipinski definition) is 1. The van der Waals surface area contributed by atoms with Crippen LogP contribution in [0.1, 0.15) is 25.0 Å². The van der Waals surface area contributed by atoms with Crippen molar-refractivity contribution in [3.8, 4) is 5.75 Å². The summed E-state index contributed by atoms with van der Waals surface area (Å²) in [4.78, 5) is 26.5. The molecule has 0 aromatic heterocycles. The first-order chi connectivity index (χ1) is 13.4. The van der Waals surface area contributed by atoms with Crippen LogP contribution in [-0.2, 0) is 22.6 Å². The summed E-state index contributed by atoms with van der Waals surface area (Å²) in [5.74, 6) is 0.0206. The van der Waals surface area contributed by atoms with E-state index >= 15 is 0 Å². The van der Waals surface area contributed by atoms with Crippen molar-refractivity contribution in [3.05, 3.63) is 63.1 Å². The van der Waals surface area contributed by atoms with Gasteiger partial charge in [-0.2, -0.15) is 0 Å². The highest BCUT2D eigenvalue weighted by atomic mass is 79.9. The van der Waals surface area contributed by atoms with Gasteiger partial charge < -0.3 is 15.0 Å². The third-order valence-corrected chi connectivity index (χ3v) is 5.46. The van der Waals surface area contributed by atoms with Crippen LogP contribution >= 0.6 is 27.5 Å². The Kier molecular flexibility index (Phi) is 8.33. The van der Waals surface area contributed by atoms with E-state index in [0.717, 1.165) is 16.5 Å². The van der Waals surface area contributed by atoms with Crippen LogP contribution in [0.4, 0.5) is 0 Å². The molecule has 0 unspecified atom stereocenters. The second kappa shape index (κ2) is 10.5. The van der Waals surface area contributed by atoms with E-state index < -0.39 is 6.04 Å². The maximum Gasteiger partial charge on any atom is 0.261 e. The summed E-state index contributed by atoms with van der Waals surface area (Å²) < 4.78 is 6.50. The quantitative estimate of drug-likeness (QED) is 0.633. The second-order valence-corrected chi connectivity index (χ2v) is 7.57. The van der Waals surface area contributed by atoms with E-state index in [1.807, 2.05) is 36.4 Å². The van der Waals surface area contributed by atoms with Crippen LogP contribution in [0, 0.1) is 0 Å². The van der Waals surface area contributed by atoms with Crippen molar-refractivity contribution in [1.29, 1.82) is 0 Å². The Morgan fingerprint density at radius 1 is 1.25 bits per heavy atom. The van der Waals surface area contributed by atoms with Gasteiger partial charge in [0.2, 0.25) is 5.91 Å². The van der Waals surface area contributed by atoms with Gasteiger partial charge in [0, 0.05) is 18.6 Å². The third-order valence-electron chi connectivity index (χ3n) is 4.47. The first-order valence-corrected chi connectivity index (χ1v) is 10.2. The van der Waals surface area contributed by atoms with Crippen molar-refractivity contribution in [2.75, 3.05) is 13.7 Å². The van der Waals surface area contributed by atoms with Crippen LogP contribution in [0.3, 0.4) is 0 Å². The van der Waals surface area contributed by atoms with Gasteiger partial charge in [0.05, 0.1) is 4.47 Å². The molecule has 0 heterocycles. The summed E-state index contributed by atoms with van der Waals surface area (Å²) in [5.41, 5.74) is 1.93. The number of benzene rings is 2. The Morgan fingerprint density at radius 2 is 1.96 bits per heavy atom. The van der Waals surface area contributed by atoms with Gasteiger partial charge in [-0.15, -0.1) is 0 Å². The van der Waals surface area contributed by atoms with E-state index in [-0.39, 0.29) is 25.0 Å². The van der Waals surface area contributed by atoms with E-state index in [0.29, 0.717) is 10.8 Å². The SMILES string of the molecule is CCc1ccc(OCC(=O)N(Cc2ccccc2Cl)[C@@H](C)C(=O)NC)c(Br)c1. The summed E-state index contributed by atoms with van der Waals surface area (Å²) in [6.45, 7) is 3.78. The minimum absolute atomic E-state index is 0.185. The van der Waals surface area contributed by atoms with Crippen LogP contribution < -0.4 is 10.1 Å². The van der Waals surface area contributed by atoms with Crippen LogP contribution in [0.5, 0.6) is 5.75 Å². The molecular weight excluding hydrogens is 444 g/mol. The smallest absolute Gasteiger partial charge is 0.261 e. The molecule has 0 aliphatic rings. The Bertz CT molecular complexity index is 844. The molecule has 7 heteroatoms. The molecule has 2 amide bonds. The lowest BCUT2D eigenvalue weighted by molar-refractivity contribution is -0.142. The number of likely N-dealkylation sites (N-methyl/N-ethyl adjacent to an activating group) is 1. The predicted molar refractivity (Wildman–Crippen MR) is 115 cm³/mol. The number of amides is 2. The summed E-state index contributed by atoms with van der Waals surface area (Å²) in [7, 11) is 1.54. The number of nitrogens with zero attached hydrogens (tertiary/aromatic N) is 1. The van der Waals surface area contributed by atoms with E-state index in [1.54, 1.807) is 20.0 Å². The lowest BCUT2D eigenvalue weighted by Crippen LogP contribution is -2.48. The number of carbonyl (C=O) groups is 2. The minimum Gasteiger partial charge on any atom is -0.483 e. The van der Waals surface area contributed by atoms with Crippen molar-refractivity contribution in [3.63, 3.8) is 0 Å². The number of carbonyl (C=O) groups excluding carboxylic acids is 2. The molecule has 0 aliphatic carbocycles. The molecule has 5 nitrogen and oxygen atoms in total. The average Bonchev–Trinajstić information content (AvgIpc) is 2.70. The Balaban J connectivity index is 2.16. The highest BCUT2D eigenvalue weighted by Crippen LogP contribution is 2.26. The van der Waals surface area contributed by atoms with Gasteiger partial charge in [0.15, 0.2) is 6.61 Å². The molecule has 150 valence electrons. The topological polar surface area (TPSA) is 58.6 Å². The van der Waals surface area contributed by atoms with Gasteiger partial charge in [-0.3, -0.25) is 9.59 Å². The number of ether oxygens (including phenoxy) is 1. The zero-order valence-corrected chi connectivity index (χ0v) is 18.5. The van der Waals surface area contributed by atoms with Crippen LogP contribution in [-0.4, -0.2) is 36.4 Å². The average molecular weight is 468 g/mol. The number of aryl methyl sites for hydroxylation is 1. The van der Waals surface area contributed by atoms with Gasteiger partial charge in [-0.05, 0) is 58.6 Å². The van der Waals surface area contributed by atoms with E-state index in [1.165, 1.54) is 10.5 Å². The van der Waals surface area contributed by atoms with Gasteiger partial charge in [0.25, 0.3) is 5.91 Å². The summed E-state index contributed by atoms with van der Waals surface area (Å²) in [5, 5.41) is 3.13. The van der Waals surface area contributed by atoms with Gasteiger partial charge >= 0.3 is 0 Å². The Hall–Kier alpha value is -2.05. The lowest BCUT2D eigenvalue weighted by atomic mass is 10.1. The lowest BCUT2D eigenvalue weighted by Gasteiger charge is -2.28. The maximum atomic E-state index is 12.9. The number of hydrogen-bond acceptors (Lipinski definition) is 3. The zero-order valence-electron chi connectivity index (χ0n) is 16.2. The van der Waals surface area contributed by atoms with E-state index in [2.05, 4.69) is 28.2 Å². The van der Waals surface area contributed by atoms with Crippen LogP contribution in [0.15, 0.2) is 46.9 Å². The fourth-order valence-electron chi connectivity index (χ4n) is 2.71. The van der Waals surface area contributed by atoms with Crippen LogP contribution in [0.25, 0.3) is 0 Å². The van der Waals surface area contributed by atoms with Crippen molar-refractivity contribution in [1.82, 2.24) is 10.2 Å². The first-order valence-electron chi connectivity index (χ1n) is 9.03. The Morgan fingerprint density at radius 3 is 2.57 bits per heavy atom. The fraction of sp³-hybridized carbons (Fsp3) is 0.333.